The maximum atomic E-state index is 11.9. The molecule has 0 atom stereocenters. The van der Waals surface area contributed by atoms with Crippen molar-refractivity contribution in [3.63, 3.8) is 0 Å². The van der Waals surface area contributed by atoms with Gasteiger partial charge in [-0.05, 0) is 36.2 Å². The van der Waals surface area contributed by atoms with Gasteiger partial charge in [-0.1, -0.05) is 35.9 Å². The number of H-pyrrole nitrogens is 1. The van der Waals surface area contributed by atoms with Gasteiger partial charge in [0, 0.05) is 18.0 Å². The summed E-state index contributed by atoms with van der Waals surface area (Å²) in [4.78, 5) is 19.7. The number of aryl methyl sites for hydroxylation is 1. The maximum absolute atomic E-state index is 11.9. The average molecular weight is 328 g/mol. The molecule has 0 unspecified atom stereocenters. The summed E-state index contributed by atoms with van der Waals surface area (Å²) in [5, 5.41) is 3.62. The summed E-state index contributed by atoms with van der Waals surface area (Å²) >= 11 is 5.83. The fourth-order valence-electron chi connectivity index (χ4n) is 2.46. The Morgan fingerprint density at radius 2 is 1.91 bits per heavy atom. The highest BCUT2D eigenvalue weighted by atomic mass is 35.5. The van der Waals surface area contributed by atoms with Crippen LogP contribution >= 0.6 is 11.6 Å². The second kappa shape index (κ2) is 7.29. The van der Waals surface area contributed by atoms with E-state index in [0.29, 0.717) is 18.0 Å². The van der Waals surface area contributed by atoms with Gasteiger partial charge < -0.3 is 10.3 Å². The van der Waals surface area contributed by atoms with Crippen LogP contribution in [-0.2, 0) is 17.6 Å². The van der Waals surface area contributed by atoms with Crippen LogP contribution in [0.3, 0.4) is 0 Å². The first-order valence-corrected chi connectivity index (χ1v) is 8.03. The van der Waals surface area contributed by atoms with Crippen molar-refractivity contribution in [2.45, 2.75) is 19.3 Å². The molecule has 0 bridgehead atoms. The summed E-state index contributed by atoms with van der Waals surface area (Å²) in [5.41, 5.74) is 2.99. The zero-order valence-electron chi connectivity index (χ0n) is 12.7. The highest BCUT2D eigenvalue weighted by Gasteiger charge is 2.04. The number of aromatic amines is 1. The molecule has 1 heterocycles. The largest absolute Gasteiger partial charge is 0.356 e. The van der Waals surface area contributed by atoms with Gasteiger partial charge in [-0.2, -0.15) is 0 Å². The number of rotatable bonds is 6. The first-order valence-electron chi connectivity index (χ1n) is 7.65. The predicted molar refractivity (Wildman–Crippen MR) is 92.6 cm³/mol. The molecule has 23 heavy (non-hydrogen) atoms. The predicted octanol–water partition coefficient (Wildman–Crippen LogP) is 3.51. The molecule has 0 fully saturated rings. The highest BCUT2D eigenvalue weighted by Crippen LogP contribution is 2.11. The smallest absolute Gasteiger partial charge is 0.224 e. The highest BCUT2D eigenvalue weighted by molar-refractivity contribution is 6.30. The van der Waals surface area contributed by atoms with E-state index < -0.39 is 0 Å². The van der Waals surface area contributed by atoms with E-state index in [4.69, 9.17) is 11.6 Å². The number of nitrogens with zero attached hydrogens (tertiary/aromatic N) is 1. The lowest BCUT2D eigenvalue weighted by Crippen LogP contribution is -2.26. The summed E-state index contributed by atoms with van der Waals surface area (Å²) in [7, 11) is 0. The van der Waals surface area contributed by atoms with Gasteiger partial charge in [-0.15, -0.1) is 0 Å². The monoisotopic (exact) mass is 327 g/mol. The Balaban J connectivity index is 1.42. The van der Waals surface area contributed by atoms with E-state index in [2.05, 4.69) is 15.3 Å². The van der Waals surface area contributed by atoms with Crippen molar-refractivity contribution < 1.29 is 4.79 Å². The molecule has 3 rings (SSSR count). The number of hydrogen-bond acceptors (Lipinski definition) is 2. The van der Waals surface area contributed by atoms with Crippen LogP contribution in [0.4, 0.5) is 0 Å². The second-order valence-corrected chi connectivity index (χ2v) is 5.89. The lowest BCUT2D eigenvalue weighted by atomic mass is 10.1. The number of nitrogens with one attached hydrogen (secondary N) is 2. The van der Waals surface area contributed by atoms with Crippen LogP contribution in [-0.4, -0.2) is 22.4 Å². The van der Waals surface area contributed by atoms with Crippen LogP contribution in [0.5, 0.6) is 0 Å². The van der Waals surface area contributed by atoms with Crippen molar-refractivity contribution >= 4 is 28.5 Å². The molecule has 0 saturated carbocycles. The third-order valence-electron chi connectivity index (χ3n) is 3.63. The summed E-state index contributed by atoms with van der Waals surface area (Å²) in [5.74, 6) is 0.982. The molecular formula is C18H18ClN3O. The summed E-state index contributed by atoms with van der Waals surface area (Å²) in [6.07, 6.45) is 2.05. The zero-order chi connectivity index (χ0) is 16.1. The van der Waals surface area contributed by atoms with Crippen LogP contribution in [0.2, 0.25) is 5.02 Å². The molecule has 0 aliphatic rings. The van der Waals surface area contributed by atoms with E-state index in [9.17, 15) is 4.79 Å². The third kappa shape index (κ3) is 4.33. The number of hydrogen-bond donors (Lipinski definition) is 2. The van der Waals surface area contributed by atoms with Gasteiger partial charge in [0.05, 0.1) is 17.5 Å². The van der Waals surface area contributed by atoms with Crippen LogP contribution in [0.1, 0.15) is 17.8 Å². The van der Waals surface area contributed by atoms with Crippen LogP contribution in [0.15, 0.2) is 48.5 Å². The van der Waals surface area contributed by atoms with Gasteiger partial charge in [0.25, 0.3) is 0 Å². The molecule has 2 N–H and O–H groups in total. The van der Waals surface area contributed by atoms with Crippen molar-refractivity contribution in [1.29, 1.82) is 0 Å². The number of aromatic nitrogens is 2. The van der Waals surface area contributed by atoms with Crippen LogP contribution in [0.25, 0.3) is 11.0 Å². The van der Waals surface area contributed by atoms with Crippen LogP contribution in [0, 0.1) is 0 Å². The van der Waals surface area contributed by atoms with Crippen molar-refractivity contribution in [1.82, 2.24) is 15.3 Å². The first kappa shape index (κ1) is 15.6. The summed E-state index contributed by atoms with van der Waals surface area (Å²) in [6, 6.07) is 15.3. The molecule has 3 aromatic rings. The number of amides is 1. The molecular weight excluding hydrogens is 310 g/mol. The molecule has 0 saturated heterocycles. The van der Waals surface area contributed by atoms with Gasteiger partial charge in [0.2, 0.25) is 5.91 Å². The quantitative estimate of drug-likeness (QED) is 0.681. The van der Waals surface area contributed by atoms with Gasteiger partial charge in [0.15, 0.2) is 0 Å². The minimum absolute atomic E-state index is 0.0249. The Morgan fingerprint density at radius 3 is 2.70 bits per heavy atom. The van der Waals surface area contributed by atoms with E-state index in [0.717, 1.165) is 35.3 Å². The van der Waals surface area contributed by atoms with Crippen molar-refractivity contribution in [2.24, 2.45) is 0 Å². The molecule has 0 radical (unpaired) electrons. The van der Waals surface area contributed by atoms with Crippen molar-refractivity contribution in [2.75, 3.05) is 6.54 Å². The minimum atomic E-state index is 0.0249. The Kier molecular flexibility index (Phi) is 4.93. The number of carbonyl (C=O) groups excluding carboxylic acids is 1. The summed E-state index contributed by atoms with van der Waals surface area (Å²) < 4.78 is 0. The molecule has 2 aromatic carbocycles. The number of carbonyl (C=O) groups is 1. The zero-order valence-corrected chi connectivity index (χ0v) is 13.4. The molecule has 4 nitrogen and oxygen atoms in total. The number of para-hydroxylation sites is 2. The second-order valence-electron chi connectivity index (χ2n) is 5.46. The van der Waals surface area contributed by atoms with Crippen molar-refractivity contribution in [3.8, 4) is 0 Å². The third-order valence-corrected chi connectivity index (χ3v) is 3.88. The van der Waals surface area contributed by atoms with Crippen molar-refractivity contribution in [3.05, 3.63) is 64.9 Å². The van der Waals surface area contributed by atoms with E-state index in [-0.39, 0.29) is 5.91 Å². The maximum Gasteiger partial charge on any atom is 0.224 e. The standard InChI is InChI=1S/C18H18ClN3O/c19-14-9-7-13(8-10-14)12-18(23)20-11-3-6-17-21-15-4-1-2-5-16(15)22-17/h1-2,4-5,7-10H,3,6,11-12H2,(H,20,23)(H,21,22). The Hall–Kier alpha value is -2.33. The Bertz CT molecular complexity index is 762. The fourth-order valence-corrected chi connectivity index (χ4v) is 2.58. The summed E-state index contributed by atoms with van der Waals surface area (Å²) in [6.45, 7) is 0.642. The molecule has 5 heteroatoms. The molecule has 1 aromatic heterocycles. The van der Waals surface area contributed by atoms with E-state index in [1.54, 1.807) is 12.1 Å². The first-order chi connectivity index (χ1) is 11.2. The van der Waals surface area contributed by atoms with E-state index in [1.165, 1.54) is 0 Å². The SMILES string of the molecule is O=C(Cc1ccc(Cl)cc1)NCCCc1nc2ccccc2[nH]1. The number of imidazole rings is 1. The van der Waals surface area contributed by atoms with E-state index >= 15 is 0 Å². The average Bonchev–Trinajstić information content (AvgIpc) is 2.96. The molecule has 118 valence electrons. The van der Waals surface area contributed by atoms with Gasteiger partial charge in [-0.25, -0.2) is 4.98 Å². The van der Waals surface area contributed by atoms with E-state index in [1.807, 2.05) is 36.4 Å². The topological polar surface area (TPSA) is 57.8 Å². The number of fused-ring (bicyclic) bond motifs is 1. The Labute approximate surface area is 139 Å². The number of benzene rings is 2. The fraction of sp³-hybridized carbons (Fsp3) is 0.222. The van der Waals surface area contributed by atoms with Crippen LogP contribution < -0.4 is 5.32 Å². The molecule has 0 aliphatic carbocycles. The lowest BCUT2D eigenvalue weighted by molar-refractivity contribution is -0.120. The van der Waals surface area contributed by atoms with Gasteiger partial charge in [0.1, 0.15) is 5.82 Å². The Morgan fingerprint density at radius 1 is 1.13 bits per heavy atom. The normalized spacial score (nSPS) is 10.8. The molecule has 0 aliphatic heterocycles. The molecule has 1 amide bonds. The number of halogens is 1. The van der Waals surface area contributed by atoms with Gasteiger partial charge in [-0.3, -0.25) is 4.79 Å². The molecule has 0 spiro atoms. The minimum Gasteiger partial charge on any atom is -0.356 e. The van der Waals surface area contributed by atoms with Gasteiger partial charge >= 0.3 is 0 Å². The lowest BCUT2D eigenvalue weighted by Gasteiger charge is -2.05.